The van der Waals surface area contributed by atoms with Gasteiger partial charge in [0.05, 0.1) is 11.6 Å². The Kier molecular flexibility index (Phi) is 5.09. The van der Waals surface area contributed by atoms with Crippen LogP contribution in [0.15, 0.2) is 41.7 Å². The first-order chi connectivity index (χ1) is 14.0. The van der Waals surface area contributed by atoms with Crippen LogP contribution in [-0.4, -0.2) is 43.2 Å². The molecule has 10 nitrogen and oxygen atoms in total. The largest absolute Gasteiger partial charge is 0.396 e. The fourth-order valence-corrected chi connectivity index (χ4v) is 3.45. The van der Waals surface area contributed by atoms with E-state index in [2.05, 4.69) is 25.6 Å². The van der Waals surface area contributed by atoms with Gasteiger partial charge in [-0.1, -0.05) is 0 Å². The highest BCUT2D eigenvalue weighted by molar-refractivity contribution is 5.93. The molecule has 0 saturated heterocycles. The van der Waals surface area contributed by atoms with Gasteiger partial charge in [-0.2, -0.15) is 0 Å². The van der Waals surface area contributed by atoms with Crippen LogP contribution in [0, 0.1) is 5.92 Å². The van der Waals surface area contributed by atoms with Crippen molar-refractivity contribution >= 4 is 34.1 Å². The molecule has 1 aliphatic rings. The van der Waals surface area contributed by atoms with E-state index in [4.69, 9.17) is 5.73 Å². The van der Waals surface area contributed by atoms with Gasteiger partial charge in [0.25, 0.3) is 5.56 Å². The van der Waals surface area contributed by atoms with Gasteiger partial charge in [-0.15, -0.1) is 0 Å². The molecule has 1 fully saturated rings. The lowest BCUT2D eigenvalue weighted by Crippen LogP contribution is -2.38. The zero-order chi connectivity index (χ0) is 20.4. The normalized spacial score (nSPS) is 18.2. The molecule has 0 aromatic carbocycles. The third kappa shape index (κ3) is 4.02. The molecule has 1 saturated carbocycles. The van der Waals surface area contributed by atoms with E-state index in [9.17, 15) is 14.7 Å². The Morgan fingerprint density at radius 2 is 2.14 bits per heavy atom. The van der Waals surface area contributed by atoms with E-state index in [-0.39, 0.29) is 30.7 Å². The lowest BCUT2D eigenvalue weighted by molar-refractivity contribution is -0.118. The summed E-state index contributed by atoms with van der Waals surface area (Å²) in [4.78, 5) is 37.0. The number of primary amides is 1. The maximum Gasteiger partial charge on any atom is 0.262 e. The van der Waals surface area contributed by atoms with Crippen LogP contribution in [0.1, 0.15) is 12.8 Å². The number of aromatic nitrogens is 4. The van der Waals surface area contributed by atoms with Gasteiger partial charge in [-0.3, -0.25) is 14.6 Å². The number of fused-ring (bicyclic) bond motifs is 1. The van der Waals surface area contributed by atoms with Gasteiger partial charge < -0.3 is 26.0 Å². The number of aliphatic hydroxyl groups excluding tert-OH is 1. The van der Waals surface area contributed by atoms with Crippen molar-refractivity contribution in [2.24, 2.45) is 11.7 Å². The molecule has 29 heavy (non-hydrogen) atoms. The van der Waals surface area contributed by atoms with Crippen molar-refractivity contribution in [2.45, 2.75) is 25.4 Å². The predicted molar refractivity (Wildman–Crippen MR) is 108 cm³/mol. The molecule has 1 aliphatic carbocycles. The molecule has 4 rings (SSSR count). The summed E-state index contributed by atoms with van der Waals surface area (Å²) in [5, 5.41) is 16.7. The topological polar surface area (TPSA) is 148 Å². The molecule has 10 heteroatoms. The second-order valence-corrected chi connectivity index (χ2v) is 7.11. The molecule has 3 aromatic rings. The number of carbonyl (C=O) groups excluding carboxylic acids is 1. The maximum atomic E-state index is 13.0. The first-order valence-corrected chi connectivity index (χ1v) is 9.26. The first kappa shape index (κ1) is 18.8. The zero-order valence-corrected chi connectivity index (χ0v) is 15.6. The number of hydrogen-bond donors (Lipinski definition) is 4. The van der Waals surface area contributed by atoms with Gasteiger partial charge in [-0.25, -0.2) is 9.97 Å². The van der Waals surface area contributed by atoms with Crippen LogP contribution in [-0.2, 0) is 11.3 Å². The minimum Gasteiger partial charge on any atom is -0.396 e. The van der Waals surface area contributed by atoms with Crippen LogP contribution in [0.4, 0.5) is 17.5 Å². The third-order valence-electron chi connectivity index (χ3n) is 4.94. The number of hydrogen-bond acceptors (Lipinski definition) is 8. The second kappa shape index (κ2) is 7.84. The van der Waals surface area contributed by atoms with E-state index >= 15 is 0 Å². The number of nitrogens with two attached hydrogens (primary N) is 1. The van der Waals surface area contributed by atoms with Crippen LogP contribution in [0.3, 0.4) is 0 Å². The van der Waals surface area contributed by atoms with E-state index < -0.39 is 5.91 Å². The number of aliphatic hydroxyl groups is 1. The number of rotatable bonds is 7. The second-order valence-electron chi connectivity index (χ2n) is 7.11. The van der Waals surface area contributed by atoms with Crippen LogP contribution < -0.4 is 21.9 Å². The minimum absolute atomic E-state index is 0.110. The zero-order valence-electron chi connectivity index (χ0n) is 15.6. The van der Waals surface area contributed by atoms with E-state index in [1.165, 1.54) is 10.8 Å². The number of nitrogens with zero attached hydrogens (tertiary/aromatic N) is 4. The number of anilines is 3. The fourth-order valence-electron chi connectivity index (χ4n) is 3.45. The molecule has 1 amide bonds. The van der Waals surface area contributed by atoms with Crippen molar-refractivity contribution in [3.8, 4) is 0 Å². The molecule has 3 aromatic heterocycles. The van der Waals surface area contributed by atoms with Gasteiger partial charge in [0.1, 0.15) is 24.0 Å². The first-order valence-electron chi connectivity index (χ1n) is 9.26. The van der Waals surface area contributed by atoms with Gasteiger partial charge in [0.15, 0.2) is 0 Å². The van der Waals surface area contributed by atoms with Gasteiger partial charge >= 0.3 is 0 Å². The van der Waals surface area contributed by atoms with E-state index in [1.807, 2.05) is 0 Å². The molecule has 0 bridgehead atoms. The maximum absolute atomic E-state index is 13.0. The van der Waals surface area contributed by atoms with E-state index in [1.54, 1.807) is 30.7 Å². The molecular formula is C19H21N7O3. The smallest absolute Gasteiger partial charge is 0.262 e. The van der Waals surface area contributed by atoms with Crippen LogP contribution in [0.25, 0.3) is 10.8 Å². The quantitative estimate of drug-likeness (QED) is 0.454. The molecule has 0 atom stereocenters. The highest BCUT2D eigenvalue weighted by atomic mass is 16.3. The Morgan fingerprint density at radius 1 is 1.31 bits per heavy atom. The number of nitrogens with one attached hydrogen (secondary N) is 2. The summed E-state index contributed by atoms with van der Waals surface area (Å²) in [6.45, 7) is -0.0596. The number of pyridine rings is 2. The lowest BCUT2D eigenvalue weighted by atomic mass is 9.81. The average Bonchev–Trinajstić information content (AvgIpc) is 2.67. The molecular weight excluding hydrogens is 374 g/mol. The summed E-state index contributed by atoms with van der Waals surface area (Å²) in [5.74, 6) is 1.10. The summed E-state index contributed by atoms with van der Waals surface area (Å²) in [7, 11) is 0. The van der Waals surface area contributed by atoms with Gasteiger partial charge in [0.2, 0.25) is 5.91 Å². The predicted octanol–water partition coefficient (Wildman–Crippen LogP) is 0.598. The van der Waals surface area contributed by atoms with Crippen LogP contribution in [0.5, 0.6) is 0 Å². The van der Waals surface area contributed by atoms with Gasteiger partial charge in [0, 0.05) is 31.2 Å². The Morgan fingerprint density at radius 3 is 2.83 bits per heavy atom. The molecule has 5 N–H and O–H groups in total. The number of carbonyl (C=O) groups is 1. The molecule has 0 unspecified atom stereocenters. The molecule has 0 spiro atoms. The average molecular weight is 395 g/mol. The van der Waals surface area contributed by atoms with Crippen molar-refractivity contribution < 1.29 is 9.90 Å². The monoisotopic (exact) mass is 395 g/mol. The van der Waals surface area contributed by atoms with Crippen molar-refractivity contribution in [3.05, 3.63) is 47.3 Å². The van der Waals surface area contributed by atoms with E-state index in [0.717, 1.165) is 12.8 Å². The summed E-state index contributed by atoms with van der Waals surface area (Å²) < 4.78 is 1.27. The molecule has 150 valence electrons. The van der Waals surface area contributed by atoms with Crippen LogP contribution >= 0.6 is 0 Å². The van der Waals surface area contributed by atoms with Crippen molar-refractivity contribution in [2.75, 3.05) is 17.2 Å². The van der Waals surface area contributed by atoms with Crippen LogP contribution in [0.2, 0.25) is 0 Å². The third-order valence-corrected chi connectivity index (χ3v) is 4.94. The molecule has 0 radical (unpaired) electrons. The Labute approximate surface area is 165 Å². The SMILES string of the molecule is NC(=O)Cn1ccc2cc(Nc3cnccn3)nc(NC3CC(CO)C3)c2c1=O. The fraction of sp³-hybridized carbons (Fsp3) is 0.316. The Hall–Kier alpha value is -3.53. The van der Waals surface area contributed by atoms with E-state index in [0.29, 0.717) is 28.2 Å². The Bertz CT molecular complexity index is 1090. The summed E-state index contributed by atoms with van der Waals surface area (Å²) in [5.41, 5.74) is 4.90. The minimum atomic E-state index is -0.598. The highest BCUT2D eigenvalue weighted by Crippen LogP contribution is 2.31. The number of amides is 1. The molecule has 3 heterocycles. The van der Waals surface area contributed by atoms with Crippen molar-refractivity contribution in [1.82, 2.24) is 19.5 Å². The highest BCUT2D eigenvalue weighted by Gasteiger charge is 2.29. The Balaban J connectivity index is 1.75. The van der Waals surface area contributed by atoms with Crippen molar-refractivity contribution in [3.63, 3.8) is 0 Å². The summed E-state index contributed by atoms with van der Waals surface area (Å²) in [6, 6.07) is 3.59. The summed E-state index contributed by atoms with van der Waals surface area (Å²) >= 11 is 0. The van der Waals surface area contributed by atoms with Gasteiger partial charge in [-0.05, 0) is 36.3 Å². The lowest BCUT2D eigenvalue weighted by Gasteiger charge is -2.35. The molecule has 0 aliphatic heterocycles. The summed E-state index contributed by atoms with van der Waals surface area (Å²) in [6.07, 6.45) is 7.83. The van der Waals surface area contributed by atoms with Crippen molar-refractivity contribution in [1.29, 1.82) is 0 Å². The standard InChI is InChI=1S/C19H21N7O3/c20-14(28)9-26-4-1-12-7-15(24-16-8-21-2-3-22-16)25-18(17(12)19(26)29)23-13-5-11(6-13)10-27/h1-4,7-8,11,13,27H,5-6,9-10H2,(H2,20,28)(H2,22,23,24,25).